The Bertz CT molecular complexity index is 515. The Kier molecular flexibility index (Phi) is 3.93. The largest absolute Gasteiger partial charge is 0.397 e. The van der Waals surface area contributed by atoms with E-state index < -0.39 is 0 Å². The van der Waals surface area contributed by atoms with Crippen molar-refractivity contribution in [2.75, 3.05) is 11.1 Å². The highest BCUT2D eigenvalue weighted by Crippen LogP contribution is 2.24. The van der Waals surface area contributed by atoms with Crippen LogP contribution in [0.25, 0.3) is 0 Å². The Balaban J connectivity index is 2.07. The fourth-order valence-corrected chi connectivity index (χ4v) is 3.12. The molecule has 0 unspecified atom stereocenters. The van der Waals surface area contributed by atoms with Gasteiger partial charge >= 0.3 is 0 Å². The van der Waals surface area contributed by atoms with E-state index in [1.165, 1.54) is 15.3 Å². The van der Waals surface area contributed by atoms with E-state index in [4.69, 9.17) is 5.73 Å². The van der Waals surface area contributed by atoms with Crippen molar-refractivity contribution in [1.82, 2.24) is 0 Å². The Hall–Kier alpha value is -0.750. The van der Waals surface area contributed by atoms with Gasteiger partial charge in [-0.3, -0.25) is 0 Å². The summed E-state index contributed by atoms with van der Waals surface area (Å²) in [4.78, 5) is 2.73. The molecule has 0 aliphatic heterocycles. The fraction of sp³-hybridized carbons (Fsp3) is 0.231. The first-order valence-corrected chi connectivity index (χ1v) is 7.30. The standard InChI is InChI=1S/C13H15IN2S/c1-8-5-11(17-9(8)2)7-16-13-4-3-10(14)6-12(13)15/h3-6,16H,7,15H2,1-2H3. The maximum atomic E-state index is 5.96. The third-order valence-corrected chi connectivity index (χ3v) is 4.51. The van der Waals surface area contributed by atoms with Gasteiger partial charge in [-0.05, 0) is 66.3 Å². The Labute approximate surface area is 119 Å². The molecule has 1 aromatic carbocycles. The molecule has 0 saturated carbocycles. The number of rotatable bonds is 3. The van der Waals surface area contributed by atoms with Crippen LogP contribution in [0.4, 0.5) is 11.4 Å². The normalized spacial score (nSPS) is 10.5. The highest BCUT2D eigenvalue weighted by molar-refractivity contribution is 14.1. The van der Waals surface area contributed by atoms with Crippen molar-refractivity contribution < 1.29 is 0 Å². The summed E-state index contributed by atoms with van der Waals surface area (Å²) in [6.07, 6.45) is 0. The third-order valence-electron chi connectivity index (χ3n) is 2.68. The molecule has 90 valence electrons. The molecule has 0 radical (unpaired) electrons. The SMILES string of the molecule is Cc1cc(CNc2ccc(I)cc2N)sc1C. The van der Waals surface area contributed by atoms with Crippen LogP contribution in [-0.2, 0) is 6.54 Å². The van der Waals surface area contributed by atoms with Gasteiger partial charge in [-0.1, -0.05) is 0 Å². The van der Waals surface area contributed by atoms with Crippen LogP contribution in [0, 0.1) is 17.4 Å². The molecule has 1 aromatic heterocycles. The van der Waals surface area contributed by atoms with Crippen LogP contribution in [0.2, 0.25) is 0 Å². The average molecular weight is 358 g/mol. The summed E-state index contributed by atoms with van der Waals surface area (Å²) in [5.41, 5.74) is 9.14. The Morgan fingerprint density at radius 3 is 2.65 bits per heavy atom. The number of benzene rings is 1. The van der Waals surface area contributed by atoms with E-state index in [-0.39, 0.29) is 0 Å². The molecule has 0 amide bonds. The van der Waals surface area contributed by atoms with E-state index in [1.807, 2.05) is 23.5 Å². The second-order valence-corrected chi connectivity index (χ2v) is 6.62. The highest BCUT2D eigenvalue weighted by atomic mass is 127. The average Bonchev–Trinajstić information content (AvgIpc) is 2.57. The first kappa shape index (κ1) is 12.7. The van der Waals surface area contributed by atoms with E-state index in [0.717, 1.165) is 21.5 Å². The predicted octanol–water partition coefficient (Wildman–Crippen LogP) is 4.16. The van der Waals surface area contributed by atoms with E-state index >= 15 is 0 Å². The summed E-state index contributed by atoms with van der Waals surface area (Å²) >= 11 is 4.10. The smallest absolute Gasteiger partial charge is 0.0577 e. The maximum Gasteiger partial charge on any atom is 0.0577 e. The quantitative estimate of drug-likeness (QED) is 0.639. The van der Waals surface area contributed by atoms with Crippen molar-refractivity contribution in [3.8, 4) is 0 Å². The van der Waals surface area contributed by atoms with Crippen molar-refractivity contribution in [2.24, 2.45) is 0 Å². The molecule has 0 aliphatic carbocycles. The zero-order valence-electron chi connectivity index (χ0n) is 9.88. The van der Waals surface area contributed by atoms with Crippen LogP contribution < -0.4 is 11.1 Å². The predicted molar refractivity (Wildman–Crippen MR) is 84.7 cm³/mol. The van der Waals surface area contributed by atoms with Crippen molar-refractivity contribution in [2.45, 2.75) is 20.4 Å². The maximum absolute atomic E-state index is 5.96. The lowest BCUT2D eigenvalue weighted by atomic mass is 10.2. The first-order valence-electron chi connectivity index (χ1n) is 5.41. The molecule has 0 bridgehead atoms. The molecule has 1 heterocycles. The number of hydrogen-bond donors (Lipinski definition) is 2. The van der Waals surface area contributed by atoms with E-state index in [1.54, 1.807) is 0 Å². The lowest BCUT2D eigenvalue weighted by Crippen LogP contribution is -2.01. The second kappa shape index (κ2) is 5.27. The molecular formula is C13H15IN2S. The monoisotopic (exact) mass is 358 g/mol. The number of aryl methyl sites for hydroxylation is 2. The van der Waals surface area contributed by atoms with Gasteiger partial charge in [0.2, 0.25) is 0 Å². The Morgan fingerprint density at radius 2 is 2.06 bits per heavy atom. The second-order valence-electron chi connectivity index (χ2n) is 4.04. The summed E-state index contributed by atoms with van der Waals surface area (Å²) in [5, 5.41) is 3.38. The number of nitrogen functional groups attached to an aromatic ring is 1. The van der Waals surface area contributed by atoms with E-state index in [2.05, 4.69) is 53.9 Å². The number of nitrogens with one attached hydrogen (secondary N) is 1. The van der Waals surface area contributed by atoms with Gasteiger partial charge in [0.1, 0.15) is 0 Å². The van der Waals surface area contributed by atoms with Gasteiger partial charge in [-0.2, -0.15) is 0 Å². The van der Waals surface area contributed by atoms with Crippen molar-refractivity contribution in [3.05, 3.63) is 43.2 Å². The van der Waals surface area contributed by atoms with E-state index in [9.17, 15) is 0 Å². The van der Waals surface area contributed by atoms with Crippen LogP contribution in [0.5, 0.6) is 0 Å². The summed E-state index contributed by atoms with van der Waals surface area (Å²) in [6.45, 7) is 5.14. The molecule has 0 fully saturated rings. The van der Waals surface area contributed by atoms with Crippen LogP contribution in [-0.4, -0.2) is 0 Å². The molecule has 4 heteroatoms. The minimum Gasteiger partial charge on any atom is -0.397 e. The number of nitrogens with two attached hydrogens (primary N) is 1. The number of hydrogen-bond acceptors (Lipinski definition) is 3. The van der Waals surface area contributed by atoms with Crippen molar-refractivity contribution in [3.63, 3.8) is 0 Å². The van der Waals surface area contributed by atoms with Gasteiger partial charge in [0, 0.05) is 19.9 Å². The van der Waals surface area contributed by atoms with Gasteiger partial charge in [0.25, 0.3) is 0 Å². The van der Waals surface area contributed by atoms with Crippen molar-refractivity contribution >= 4 is 45.3 Å². The number of anilines is 2. The third kappa shape index (κ3) is 3.13. The molecular weight excluding hydrogens is 343 g/mol. The van der Waals surface area contributed by atoms with Crippen molar-refractivity contribution in [1.29, 1.82) is 0 Å². The molecule has 2 nitrogen and oxygen atoms in total. The molecule has 0 aliphatic rings. The van der Waals surface area contributed by atoms with Gasteiger partial charge in [-0.15, -0.1) is 11.3 Å². The fourth-order valence-electron chi connectivity index (χ4n) is 1.61. The molecule has 17 heavy (non-hydrogen) atoms. The van der Waals surface area contributed by atoms with Gasteiger partial charge in [0.05, 0.1) is 11.4 Å². The molecule has 0 spiro atoms. The van der Waals surface area contributed by atoms with Gasteiger partial charge in [-0.25, -0.2) is 0 Å². The summed E-state index contributed by atoms with van der Waals surface area (Å²) in [7, 11) is 0. The topological polar surface area (TPSA) is 38.0 Å². The lowest BCUT2D eigenvalue weighted by Gasteiger charge is -2.08. The van der Waals surface area contributed by atoms with Crippen LogP contribution in [0.15, 0.2) is 24.3 Å². The zero-order chi connectivity index (χ0) is 12.4. The summed E-state index contributed by atoms with van der Waals surface area (Å²) < 4.78 is 1.16. The molecule has 0 saturated heterocycles. The Morgan fingerprint density at radius 1 is 1.29 bits per heavy atom. The number of thiophene rings is 1. The first-order chi connectivity index (χ1) is 8.06. The molecule has 2 rings (SSSR count). The van der Waals surface area contributed by atoms with Crippen LogP contribution in [0.1, 0.15) is 15.3 Å². The zero-order valence-corrected chi connectivity index (χ0v) is 12.9. The number of halogens is 1. The molecule has 3 N–H and O–H groups in total. The summed E-state index contributed by atoms with van der Waals surface area (Å²) in [6, 6.07) is 8.30. The van der Waals surface area contributed by atoms with E-state index in [0.29, 0.717) is 0 Å². The van der Waals surface area contributed by atoms with Crippen LogP contribution >= 0.6 is 33.9 Å². The minimum atomic E-state index is 0.807. The highest BCUT2D eigenvalue weighted by Gasteiger charge is 2.03. The summed E-state index contributed by atoms with van der Waals surface area (Å²) in [5.74, 6) is 0. The van der Waals surface area contributed by atoms with Gasteiger partial charge < -0.3 is 11.1 Å². The van der Waals surface area contributed by atoms with Crippen LogP contribution in [0.3, 0.4) is 0 Å². The molecule has 0 atom stereocenters. The molecule has 2 aromatic rings. The lowest BCUT2D eigenvalue weighted by molar-refractivity contribution is 1.19. The van der Waals surface area contributed by atoms with Gasteiger partial charge in [0.15, 0.2) is 0 Å². The minimum absolute atomic E-state index is 0.807.